The molecule has 2 fully saturated rings. The van der Waals surface area contributed by atoms with Gasteiger partial charge in [0.15, 0.2) is 0 Å². The summed E-state index contributed by atoms with van der Waals surface area (Å²) >= 11 is 5.89. The lowest BCUT2D eigenvalue weighted by Gasteiger charge is -2.36. The van der Waals surface area contributed by atoms with Gasteiger partial charge in [0.1, 0.15) is 0 Å². The summed E-state index contributed by atoms with van der Waals surface area (Å²) in [6, 6.07) is 14.3. The molecule has 2 amide bonds. The maximum Gasteiger partial charge on any atom is 0.251 e. The van der Waals surface area contributed by atoms with Crippen LogP contribution in [0.4, 0.5) is 5.69 Å². The van der Waals surface area contributed by atoms with E-state index in [2.05, 4.69) is 0 Å². The van der Waals surface area contributed by atoms with Crippen molar-refractivity contribution >= 4 is 39.1 Å². The summed E-state index contributed by atoms with van der Waals surface area (Å²) in [4.78, 5) is 28.7. The summed E-state index contributed by atoms with van der Waals surface area (Å²) in [5, 5.41) is 0.528. The van der Waals surface area contributed by atoms with Crippen LogP contribution in [0.1, 0.15) is 6.42 Å². The average molecular weight is 434 g/mol. The molecule has 152 valence electrons. The zero-order valence-corrected chi connectivity index (χ0v) is 17.1. The first-order valence-corrected chi connectivity index (χ1v) is 11.1. The van der Waals surface area contributed by atoms with E-state index in [1.807, 2.05) is 4.90 Å². The van der Waals surface area contributed by atoms with Crippen LogP contribution < -0.4 is 4.90 Å². The van der Waals surface area contributed by atoms with E-state index in [-0.39, 0.29) is 36.2 Å². The maximum absolute atomic E-state index is 12.9. The molecule has 0 saturated carbocycles. The zero-order valence-electron chi connectivity index (χ0n) is 15.6. The van der Waals surface area contributed by atoms with Crippen molar-refractivity contribution in [3.8, 4) is 0 Å². The van der Waals surface area contributed by atoms with Gasteiger partial charge in [0, 0.05) is 31.2 Å². The maximum atomic E-state index is 12.9. The summed E-state index contributed by atoms with van der Waals surface area (Å²) in [6.07, 6.45) is 0.0902. The molecule has 0 aliphatic carbocycles. The van der Waals surface area contributed by atoms with Crippen LogP contribution in [0.3, 0.4) is 0 Å². The van der Waals surface area contributed by atoms with E-state index in [0.717, 1.165) is 0 Å². The molecule has 2 aliphatic rings. The average Bonchev–Trinajstić information content (AvgIpc) is 3.03. The van der Waals surface area contributed by atoms with Gasteiger partial charge in [0.05, 0.1) is 23.0 Å². The molecule has 7 nitrogen and oxygen atoms in total. The van der Waals surface area contributed by atoms with E-state index in [1.54, 1.807) is 54.6 Å². The van der Waals surface area contributed by atoms with Gasteiger partial charge in [-0.05, 0) is 36.4 Å². The number of sulfonamides is 1. The Morgan fingerprint density at radius 2 is 1.48 bits per heavy atom. The highest BCUT2D eigenvalue weighted by molar-refractivity contribution is 7.89. The van der Waals surface area contributed by atoms with Gasteiger partial charge in [-0.2, -0.15) is 4.31 Å². The van der Waals surface area contributed by atoms with Crippen molar-refractivity contribution in [2.75, 3.05) is 31.1 Å². The number of amides is 2. The molecule has 0 bridgehead atoms. The van der Waals surface area contributed by atoms with Gasteiger partial charge in [-0.25, -0.2) is 13.3 Å². The molecule has 0 spiro atoms. The van der Waals surface area contributed by atoms with Gasteiger partial charge >= 0.3 is 0 Å². The first-order valence-electron chi connectivity index (χ1n) is 9.29. The number of carbonyl (C=O) groups is 2. The van der Waals surface area contributed by atoms with Gasteiger partial charge in [-0.15, -0.1) is 0 Å². The Balaban J connectivity index is 1.44. The van der Waals surface area contributed by atoms with Gasteiger partial charge in [0.2, 0.25) is 15.9 Å². The second-order valence-corrected chi connectivity index (χ2v) is 9.39. The third kappa shape index (κ3) is 3.81. The minimum absolute atomic E-state index is 0.0902. The van der Waals surface area contributed by atoms with Crippen LogP contribution in [0, 0.1) is 0 Å². The molecule has 1 atom stereocenters. The van der Waals surface area contributed by atoms with Crippen LogP contribution in [-0.2, 0) is 19.6 Å². The molecule has 0 radical (unpaired) electrons. The Morgan fingerprint density at radius 1 is 0.862 bits per heavy atom. The monoisotopic (exact) mass is 433 g/mol. The molecule has 2 aliphatic heterocycles. The smallest absolute Gasteiger partial charge is 0.251 e. The normalized spacial score (nSPS) is 21.7. The fourth-order valence-electron chi connectivity index (χ4n) is 3.76. The van der Waals surface area contributed by atoms with Gasteiger partial charge in [-0.3, -0.25) is 14.5 Å². The van der Waals surface area contributed by atoms with E-state index >= 15 is 0 Å². The lowest BCUT2D eigenvalue weighted by Crippen LogP contribution is -2.53. The highest BCUT2D eigenvalue weighted by Gasteiger charge is 2.44. The van der Waals surface area contributed by atoms with Crippen molar-refractivity contribution in [3.63, 3.8) is 0 Å². The predicted octanol–water partition coefficient (Wildman–Crippen LogP) is 1.98. The summed E-state index contributed by atoms with van der Waals surface area (Å²) in [5.41, 5.74) is 0.497. The molecular weight excluding hydrogens is 414 g/mol. The molecule has 0 N–H and O–H groups in total. The Kier molecular flexibility index (Phi) is 5.44. The van der Waals surface area contributed by atoms with Gasteiger partial charge < -0.3 is 0 Å². The van der Waals surface area contributed by atoms with Crippen molar-refractivity contribution in [1.29, 1.82) is 0 Å². The number of hydrogen-bond acceptors (Lipinski definition) is 5. The summed E-state index contributed by atoms with van der Waals surface area (Å²) in [5.74, 6) is -0.543. The van der Waals surface area contributed by atoms with Crippen LogP contribution in [0.25, 0.3) is 0 Å². The molecule has 9 heteroatoms. The largest absolute Gasteiger partial charge is 0.289 e. The Labute approximate surface area is 174 Å². The molecule has 4 rings (SSSR count). The number of carbonyl (C=O) groups excluding carboxylic acids is 2. The number of hydrogen-bond donors (Lipinski definition) is 0. The molecule has 0 aromatic heterocycles. The lowest BCUT2D eigenvalue weighted by molar-refractivity contribution is -0.123. The third-order valence-electron chi connectivity index (χ3n) is 5.30. The van der Waals surface area contributed by atoms with Crippen molar-refractivity contribution in [2.45, 2.75) is 17.4 Å². The van der Waals surface area contributed by atoms with Crippen molar-refractivity contribution in [2.24, 2.45) is 0 Å². The number of nitrogens with zero attached hydrogens (tertiary/aromatic N) is 3. The van der Waals surface area contributed by atoms with Gasteiger partial charge in [-0.1, -0.05) is 29.8 Å². The second-order valence-electron chi connectivity index (χ2n) is 7.02. The predicted molar refractivity (Wildman–Crippen MR) is 109 cm³/mol. The number of anilines is 1. The van der Waals surface area contributed by atoms with E-state index in [4.69, 9.17) is 11.6 Å². The molecular formula is C20H20ClN3O4S. The fourth-order valence-corrected chi connectivity index (χ4v) is 5.33. The summed E-state index contributed by atoms with van der Waals surface area (Å²) in [7, 11) is -3.56. The highest BCUT2D eigenvalue weighted by Crippen LogP contribution is 2.28. The van der Waals surface area contributed by atoms with Crippen LogP contribution in [0.2, 0.25) is 5.02 Å². The number of piperazine rings is 1. The number of rotatable bonds is 4. The minimum atomic E-state index is -3.56. The van der Waals surface area contributed by atoms with Crippen LogP contribution in [0.15, 0.2) is 59.5 Å². The second kappa shape index (κ2) is 7.87. The number of benzene rings is 2. The van der Waals surface area contributed by atoms with E-state index in [9.17, 15) is 18.0 Å². The molecule has 2 heterocycles. The Bertz CT molecular complexity index is 1020. The number of halogens is 1. The van der Waals surface area contributed by atoms with Crippen LogP contribution >= 0.6 is 11.6 Å². The minimum Gasteiger partial charge on any atom is -0.289 e. The van der Waals surface area contributed by atoms with E-state index < -0.39 is 16.1 Å². The quantitative estimate of drug-likeness (QED) is 0.689. The van der Waals surface area contributed by atoms with Crippen molar-refractivity contribution < 1.29 is 18.0 Å². The lowest BCUT2D eigenvalue weighted by atomic mass is 10.2. The third-order valence-corrected chi connectivity index (χ3v) is 7.47. The molecule has 29 heavy (non-hydrogen) atoms. The topological polar surface area (TPSA) is 78.0 Å². The first kappa shape index (κ1) is 20.0. The Hall–Kier alpha value is -2.26. The standard InChI is InChI=1S/C20H20ClN3O4S/c21-15-6-8-16(9-7-15)24-19(25)14-18(20(24)26)22-10-12-23(13-11-22)29(27,28)17-4-2-1-3-5-17/h1-9,18H,10-14H2. The fraction of sp³-hybridized carbons (Fsp3) is 0.300. The summed E-state index contributed by atoms with van der Waals surface area (Å²) < 4.78 is 27.0. The van der Waals surface area contributed by atoms with Crippen molar-refractivity contribution in [3.05, 3.63) is 59.6 Å². The van der Waals surface area contributed by atoms with Crippen LogP contribution in [-0.4, -0.2) is 61.7 Å². The van der Waals surface area contributed by atoms with Gasteiger partial charge in [0.25, 0.3) is 5.91 Å². The zero-order chi connectivity index (χ0) is 20.6. The molecule has 1 unspecified atom stereocenters. The summed E-state index contributed by atoms with van der Waals surface area (Å²) in [6.45, 7) is 1.33. The van der Waals surface area contributed by atoms with E-state index in [1.165, 1.54) is 9.21 Å². The molecule has 2 aromatic carbocycles. The van der Waals surface area contributed by atoms with E-state index in [0.29, 0.717) is 23.8 Å². The number of imide groups is 1. The highest BCUT2D eigenvalue weighted by atomic mass is 35.5. The Morgan fingerprint density at radius 3 is 2.10 bits per heavy atom. The molecule has 2 aromatic rings. The van der Waals surface area contributed by atoms with Crippen LogP contribution in [0.5, 0.6) is 0 Å². The molecule has 2 saturated heterocycles. The van der Waals surface area contributed by atoms with Crippen molar-refractivity contribution in [1.82, 2.24) is 9.21 Å². The first-order chi connectivity index (χ1) is 13.9. The SMILES string of the molecule is O=C1CC(N2CCN(S(=O)(=O)c3ccccc3)CC2)C(=O)N1c1ccc(Cl)cc1.